The van der Waals surface area contributed by atoms with E-state index < -0.39 is 0 Å². The Hall–Kier alpha value is -1.56. The van der Waals surface area contributed by atoms with Crippen molar-refractivity contribution in [2.45, 2.75) is 30.4 Å². The number of aromatic nitrogens is 3. The van der Waals surface area contributed by atoms with Gasteiger partial charge in [-0.05, 0) is 18.6 Å². The molecule has 0 saturated carbocycles. The molecule has 2 aromatic heterocycles. The van der Waals surface area contributed by atoms with Crippen LogP contribution in [0, 0.1) is 0 Å². The summed E-state index contributed by atoms with van der Waals surface area (Å²) in [5.41, 5.74) is 5.51. The smallest absolute Gasteiger partial charge is 0.237 e. The van der Waals surface area contributed by atoms with Gasteiger partial charge in [0.2, 0.25) is 5.89 Å². The molecule has 6 heteroatoms. The van der Waals surface area contributed by atoms with Crippen molar-refractivity contribution in [3.05, 3.63) is 30.0 Å². The molecule has 2 rings (SSSR count). The van der Waals surface area contributed by atoms with Gasteiger partial charge in [0.25, 0.3) is 0 Å². The molecule has 0 bridgehead atoms. The zero-order chi connectivity index (χ0) is 12.1. The standard InChI is InChI=1S/C11H14N4OS/c1-2-3-10-14-11(16-15-10)7-17-8-4-5-9(12)13-6-8/h4-6H,2-3,7H2,1H3,(H2,12,13). The third kappa shape index (κ3) is 3.45. The van der Waals surface area contributed by atoms with E-state index in [1.807, 2.05) is 6.07 Å². The Kier molecular flexibility index (Phi) is 3.98. The summed E-state index contributed by atoms with van der Waals surface area (Å²) in [6.45, 7) is 2.09. The number of anilines is 1. The first-order valence-electron chi connectivity index (χ1n) is 5.43. The number of hydrogen-bond acceptors (Lipinski definition) is 6. The van der Waals surface area contributed by atoms with Crippen molar-refractivity contribution >= 4 is 17.6 Å². The molecule has 0 aliphatic heterocycles. The number of nitrogens with two attached hydrogens (primary N) is 1. The first-order chi connectivity index (χ1) is 8.28. The lowest BCUT2D eigenvalue weighted by Crippen LogP contribution is -1.89. The van der Waals surface area contributed by atoms with E-state index in [1.165, 1.54) is 0 Å². The summed E-state index contributed by atoms with van der Waals surface area (Å²) in [6.07, 6.45) is 3.62. The molecule has 0 amide bonds. The fourth-order valence-electron chi connectivity index (χ4n) is 1.30. The third-order valence-electron chi connectivity index (χ3n) is 2.11. The molecule has 90 valence electrons. The second kappa shape index (κ2) is 5.67. The van der Waals surface area contributed by atoms with E-state index in [2.05, 4.69) is 22.0 Å². The fraction of sp³-hybridized carbons (Fsp3) is 0.364. The van der Waals surface area contributed by atoms with Gasteiger partial charge in [0.1, 0.15) is 5.82 Å². The number of thioether (sulfide) groups is 1. The van der Waals surface area contributed by atoms with Crippen LogP contribution in [0.1, 0.15) is 25.1 Å². The van der Waals surface area contributed by atoms with Crippen LogP contribution in [0.3, 0.4) is 0 Å². The number of rotatable bonds is 5. The van der Waals surface area contributed by atoms with Crippen LogP contribution in [-0.2, 0) is 12.2 Å². The molecule has 0 aliphatic carbocycles. The molecule has 2 heterocycles. The summed E-state index contributed by atoms with van der Waals surface area (Å²) in [5, 5.41) is 3.90. The van der Waals surface area contributed by atoms with E-state index in [0.717, 1.165) is 23.6 Å². The molecule has 0 fully saturated rings. The zero-order valence-corrected chi connectivity index (χ0v) is 10.4. The van der Waals surface area contributed by atoms with Crippen LogP contribution in [0.4, 0.5) is 5.82 Å². The molecule has 0 aliphatic rings. The monoisotopic (exact) mass is 250 g/mol. The highest BCUT2D eigenvalue weighted by molar-refractivity contribution is 7.98. The highest BCUT2D eigenvalue weighted by atomic mass is 32.2. The quantitative estimate of drug-likeness (QED) is 0.820. The maximum absolute atomic E-state index is 5.51. The van der Waals surface area contributed by atoms with Gasteiger partial charge in [-0.15, -0.1) is 11.8 Å². The molecule has 0 radical (unpaired) electrons. The minimum Gasteiger partial charge on any atom is -0.384 e. The first kappa shape index (κ1) is 11.9. The fourth-order valence-corrected chi connectivity index (χ4v) is 2.00. The van der Waals surface area contributed by atoms with E-state index >= 15 is 0 Å². The molecule has 0 spiro atoms. The van der Waals surface area contributed by atoms with Crippen molar-refractivity contribution in [3.63, 3.8) is 0 Å². The Balaban J connectivity index is 1.90. The van der Waals surface area contributed by atoms with Gasteiger partial charge >= 0.3 is 0 Å². The highest BCUT2D eigenvalue weighted by Crippen LogP contribution is 2.21. The van der Waals surface area contributed by atoms with Crippen LogP contribution in [0.25, 0.3) is 0 Å². The number of aryl methyl sites for hydroxylation is 1. The highest BCUT2D eigenvalue weighted by Gasteiger charge is 2.06. The second-order valence-electron chi connectivity index (χ2n) is 3.56. The van der Waals surface area contributed by atoms with Crippen molar-refractivity contribution in [1.29, 1.82) is 0 Å². The molecule has 5 nitrogen and oxygen atoms in total. The number of nitrogen functional groups attached to an aromatic ring is 1. The normalized spacial score (nSPS) is 10.6. The van der Waals surface area contributed by atoms with Crippen molar-refractivity contribution in [2.75, 3.05) is 5.73 Å². The zero-order valence-electron chi connectivity index (χ0n) is 9.59. The minimum absolute atomic E-state index is 0.525. The Morgan fingerprint density at radius 1 is 1.41 bits per heavy atom. The summed E-state index contributed by atoms with van der Waals surface area (Å²) in [6, 6.07) is 3.70. The Labute approximate surface area is 104 Å². The second-order valence-corrected chi connectivity index (χ2v) is 4.61. The van der Waals surface area contributed by atoms with Gasteiger partial charge in [-0.3, -0.25) is 0 Å². The average Bonchev–Trinajstić information content (AvgIpc) is 2.77. The summed E-state index contributed by atoms with van der Waals surface area (Å²) >= 11 is 1.60. The average molecular weight is 250 g/mol. The van der Waals surface area contributed by atoms with Gasteiger partial charge in [0.15, 0.2) is 5.82 Å². The van der Waals surface area contributed by atoms with Crippen molar-refractivity contribution in [1.82, 2.24) is 15.1 Å². The van der Waals surface area contributed by atoms with Gasteiger partial charge in [0.05, 0.1) is 5.75 Å². The van der Waals surface area contributed by atoms with E-state index in [-0.39, 0.29) is 0 Å². The predicted octanol–water partition coefficient (Wildman–Crippen LogP) is 2.29. The van der Waals surface area contributed by atoms with Gasteiger partial charge in [-0.1, -0.05) is 12.1 Å². The van der Waals surface area contributed by atoms with Gasteiger partial charge in [-0.25, -0.2) is 4.98 Å². The van der Waals surface area contributed by atoms with Crippen LogP contribution in [-0.4, -0.2) is 15.1 Å². The molecule has 0 atom stereocenters. The van der Waals surface area contributed by atoms with Crippen LogP contribution in [0.2, 0.25) is 0 Å². The lowest BCUT2D eigenvalue weighted by atomic mass is 10.3. The summed E-state index contributed by atoms with van der Waals surface area (Å²) in [5.74, 6) is 2.61. The van der Waals surface area contributed by atoms with Crippen LogP contribution in [0.5, 0.6) is 0 Å². The molecular weight excluding hydrogens is 236 g/mol. The summed E-state index contributed by atoms with van der Waals surface area (Å²) in [7, 11) is 0. The van der Waals surface area contributed by atoms with E-state index in [4.69, 9.17) is 10.3 Å². The van der Waals surface area contributed by atoms with Crippen LogP contribution < -0.4 is 5.73 Å². The van der Waals surface area contributed by atoms with Gasteiger partial charge in [0, 0.05) is 17.5 Å². The van der Waals surface area contributed by atoms with Gasteiger partial charge < -0.3 is 10.3 Å². The lowest BCUT2D eigenvalue weighted by molar-refractivity contribution is 0.384. The third-order valence-corrected chi connectivity index (χ3v) is 3.07. The van der Waals surface area contributed by atoms with E-state index in [1.54, 1.807) is 24.0 Å². The van der Waals surface area contributed by atoms with E-state index in [9.17, 15) is 0 Å². The molecule has 0 aromatic carbocycles. The molecule has 0 saturated heterocycles. The molecular formula is C11H14N4OS. The lowest BCUT2D eigenvalue weighted by Gasteiger charge is -1.97. The Bertz CT molecular complexity index is 469. The number of pyridine rings is 1. The predicted molar refractivity (Wildman–Crippen MR) is 66.5 cm³/mol. The summed E-state index contributed by atoms with van der Waals surface area (Å²) < 4.78 is 5.14. The van der Waals surface area contributed by atoms with Crippen LogP contribution in [0.15, 0.2) is 27.7 Å². The topological polar surface area (TPSA) is 77.8 Å². The van der Waals surface area contributed by atoms with Crippen molar-refractivity contribution in [2.24, 2.45) is 0 Å². The van der Waals surface area contributed by atoms with Crippen molar-refractivity contribution in [3.8, 4) is 0 Å². The Morgan fingerprint density at radius 2 is 2.29 bits per heavy atom. The summed E-state index contributed by atoms with van der Waals surface area (Å²) in [4.78, 5) is 9.34. The Morgan fingerprint density at radius 3 is 3.00 bits per heavy atom. The van der Waals surface area contributed by atoms with Crippen molar-refractivity contribution < 1.29 is 4.52 Å². The first-order valence-corrected chi connectivity index (χ1v) is 6.42. The number of nitrogens with zero attached hydrogens (tertiary/aromatic N) is 3. The number of hydrogen-bond donors (Lipinski definition) is 1. The molecule has 17 heavy (non-hydrogen) atoms. The minimum atomic E-state index is 0.525. The SMILES string of the molecule is CCCc1noc(CSc2ccc(N)nc2)n1. The molecule has 2 aromatic rings. The van der Waals surface area contributed by atoms with Crippen LogP contribution >= 0.6 is 11.8 Å². The molecule has 0 unspecified atom stereocenters. The maximum Gasteiger partial charge on any atom is 0.237 e. The maximum atomic E-state index is 5.51. The van der Waals surface area contributed by atoms with E-state index in [0.29, 0.717) is 17.5 Å². The molecule has 2 N–H and O–H groups in total. The van der Waals surface area contributed by atoms with Gasteiger partial charge in [-0.2, -0.15) is 4.98 Å². The largest absolute Gasteiger partial charge is 0.384 e.